The maximum Gasteiger partial charge on any atom is 0.327 e. The molecule has 0 spiro atoms. The second-order valence-electron chi connectivity index (χ2n) is 5.94. The van der Waals surface area contributed by atoms with Crippen molar-refractivity contribution < 1.29 is 9.53 Å². The van der Waals surface area contributed by atoms with Crippen molar-refractivity contribution in [1.29, 1.82) is 0 Å². The van der Waals surface area contributed by atoms with E-state index in [1.807, 2.05) is 12.1 Å². The number of pyridine rings is 1. The number of aromatic nitrogens is 1. The molecule has 0 N–H and O–H groups in total. The lowest BCUT2D eigenvalue weighted by atomic mass is 10.1. The van der Waals surface area contributed by atoms with Crippen molar-refractivity contribution >= 4 is 5.97 Å². The van der Waals surface area contributed by atoms with E-state index in [2.05, 4.69) is 28.6 Å². The van der Waals surface area contributed by atoms with Crippen molar-refractivity contribution in [2.24, 2.45) is 5.92 Å². The van der Waals surface area contributed by atoms with E-state index in [1.54, 1.807) is 12.4 Å². The normalized spacial score (nSPS) is 18.7. The van der Waals surface area contributed by atoms with Gasteiger partial charge in [-0.05, 0) is 17.5 Å². The molecule has 2 heterocycles. The Labute approximate surface area is 126 Å². The highest BCUT2D eigenvalue weighted by atomic mass is 16.5. The molecule has 0 saturated carbocycles. The Kier molecular flexibility index (Phi) is 5.70. The number of ether oxygens (including phenoxy) is 1. The van der Waals surface area contributed by atoms with E-state index in [0.29, 0.717) is 5.92 Å². The topological polar surface area (TPSA) is 45.7 Å². The Morgan fingerprint density at radius 1 is 1.33 bits per heavy atom. The van der Waals surface area contributed by atoms with Crippen molar-refractivity contribution in [3.05, 3.63) is 30.1 Å². The number of hydrogen-bond donors (Lipinski definition) is 0. The third-order valence-corrected chi connectivity index (χ3v) is 3.82. The van der Waals surface area contributed by atoms with Gasteiger partial charge in [0.2, 0.25) is 0 Å². The highest BCUT2D eigenvalue weighted by molar-refractivity contribution is 5.77. The molecule has 1 aliphatic heterocycles. The number of hydrogen-bond acceptors (Lipinski definition) is 5. The number of nitrogens with zero attached hydrogens (tertiary/aromatic N) is 3. The zero-order chi connectivity index (χ0) is 15.2. The zero-order valence-corrected chi connectivity index (χ0v) is 13.2. The van der Waals surface area contributed by atoms with Gasteiger partial charge in [0, 0.05) is 45.1 Å². The Morgan fingerprint density at radius 3 is 2.57 bits per heavy atom. The number of carbonyl (C=O) groups excluding carboxylic acids is 1. The summed E-state index contributed by atoms with van der Waals surface area (Å²) in [6, 6.07) is 3.46. The molecule has 116 valence electrons. The van der Waals surface area contributed by atoms with E-state index < -0.39 is 0 Å². The van der Waals surface area contributed by atoms with Crippen LogP contribution in [0.2, 0.25) is 0 Å². The van der Waals surface area contributed by atoms with Crippen molar-refractivity contribution in [1.82, 2.24) is 14.8 Å². The van der Waals surface area contributed by atoms with Gasteiger partial charge in [-0.3, -0.25) is 9.88 Å². The van der Waals surface area contributed by atoms with Crippen LogP contribution in [0.5, 0.6) is 0 Å². The van der Waals surface area contributed by atoms with Crippen LogP contribution in [0.25, 0.3) is 0 Å². The monoisotopic (exact) mass is 291 g/mol. The summed E-state index contributed by atoms with van der Waals surface area (Å²) in [6.45, 7) is 9.32. The summed E-state index contributed by atoms with van der Waals surface area (Å²) in [7, 11) is 1.45. The molecular weight excluding hydrogens is 266 g/mol. The molecule has 1 unspecified atom stereocenters. The molecule has 21 heavy (non-hydrogen) atoms. The van der Waals surface area contributed by atoms with E-state index in [4.69, 9.17) is 4.74 Å². The van der Waals surface area contributed by atoms with Crippen LogP contribution in [0.15, 0.2) is 24.5 Å². The standard InChI is InChI=1S/C16H25N3O2/c1-13(2)12-18-7-9-19(10-8-18)15(16(20)21-3)14-5-4-6-17-11-14/h4-6,11,13,15H,7-10,12H2,1-3H3. The molecule has 0 bridgehead atoms. The lowest BCUT2D eigenvalue weighted by Gasteiger charge is -2.38. The van der Waals surface area contributed by atoms with E-state index >= 15 is 0 Å². The molecule has 1 aromatic rings. The third kappa shape index (κ3) is 4.25. The van der Waals surface area contributed by atoms with Gasteiger partial charge in [-0.15, -0.1) is 0 Å². The Hall–Kier alpha value is -1.46. The molecule has 0 aromatic carbocycles. The number of rotatable bonds is 5. The van der Waals surface area contributed by atoms with Gasteiger partial charge in [-0.2, -0.15) is 0 Å². The molecule has 1 fully saturated rings. The van der Waals surface area contributed by atoms with Crippen LogP contribution in [-0.2, 0) is 9.53 Å². The first-order valence-corrected chi connectivity index (χ1v) is 7.56. The second kappa shape index (κ2) is 7.52. The first kappa shape index (κ1) is 15.9. The van der Waals surface area contributed by atoms with Crippen LogP contribution >= 0.6 is 0 Å². The molecule has 0 aliphatic carbocycles. The van der Waals surface area contributed by atoms with Crippen molar-refractivity contribution in [2.45, 2.75) is 19.9 Å². The molecule has 2 rings (SSSR count). The maximum absolute atomic E-state index is 12.2. The summed E-state index contributed by atoms with van der Waals surface area (Å²) in [6.07, 6.45) is 3.47. The highest BCUT2D eigenvalue weighted by Crippen LogP contribution is 2.23. The van der Waals surface area contributed by atoms with Gasteiger partial charge >= 0.3 is 5.97 Å². The fourth-order valence-corrected chi connectivity index (χ4v) is 2.87. The SMILES string of the molecule is COC(=O)C(c1cccnc1)N1CCN(CC(C)C)CC1. The molecule has 0 amide bonds. The predicted octanol–water partition coefficient (Wildman–Crippen LogP) is 1.57. The van der Waals surface area contributed by atoms with E-state index in [9.17, 15) is 4.79 Å². The van der Waals surface area contributed by atoms with Gasteiger partial charge in [0.1, 0.15) is 6.04 Å². The van der Waals surface area contributed by atoms with Gasteiger partial charge in [0.25, 0.3) is 0 Å². The van der Waals surface area contributed by atoms with Crippen LogP contribution in [0.1, 0.15) is 25.5 Å². The first-order valence-electron chi connectivity index (χ1n) is 7.56. The minimum atomic E-state index is -0.343. The third-order valence-electron chi connectivity index (χ3n) is 3.82. The molecule has 1 atom stereocenters. The lowest BCUT2D eigenvalue weighted by molar-refractivity contribution is -0.148. The van der Waals surface area contributed by atoms with Crippen LogP contribution in [-0.4, -0.2) is 60.6 Å². The minimum absolute atomic E-state index is 0.208. The quantitative estimate of drug-likeness (QED) is 0.771. The van der Waals surface area contributed by atoms with Crippen molar-refractivity contribution in [3.8, 4) is 0 Å². The van der Waals surface area contributed by atoms with Crippen LogP contribution in [0, 0.1) is 5.92 Å². The van der Waals surface area contributed by atoms with Crippen LogP contribution < -0.4 is 0 Å². The van der Waals surface area contributed by atoms with Crippen molar-refractivity contribution in [3.63, 3.8) is 0 Å². The van der Waals surface area contributed by atoms with Gasteiger partial charge in [0.05, 0.1) is 7.11 Å². The number of esters is 1. The fraction of sp³-hybridized carbons (Fsp3) is 0.625. The fourth-order valence-electron chi connectivity index (χ4n) is 2.87. The molecule has 1 saturated heterocycles. The summed E-state index contributed by atoms with van der Waals surface area (Å²) in [5, 5.41) is 0. The average molecular weight is 291 g/mol. The van der Waals surface area contributed by atoms with Crippen LogP contribution in [0.3, 0.4) is 0 Å². The molecule has 5 heteroatoms. The van der Waals surface area contributed by atoms with Crippen LogP contribution in [0.4, 0.5) is 0 Å². The number of methoxy groups -OCH3 is 1. The Bertz CT molecular complexity index is 442. The summed E-state index contributed by atoms with van der Waals surface area (Å²) in [5.74, 6) is 0.464. The lowest BCUT2D eigenvalue weighted by Crippen LogP contribution is -2.50. The second-order valence-corrected chi connectivity index (χ2v) is 5.94. The summed E-state index contributed by atoms with van der Waals surface area (Å²) >= 11 is 0. The molecular formula is C16H25N3O2. The zero-order valence-electron chi connectivity index (χ0n) is 13.2. The molecule has 5 nitrogen and oxygen atoms in total. The molecule has 1 aromatic heterocycles. The van der Waals surface area contributed by atoms with Gasteiger partial charge in [-0.1, -0.05) is 19.9 Å². The van der Waals surface area contributed by atoms with Gasteiger partial charge in [-0.25, -0.2) is 4.79 Å². The minimum Gasteiger partial charge on any atom is -0.468 e. The van der Waals surface area contributed by atoms with Crippen molar-refractivity contribution in [2.75, 3.05) is 39.8 Å². The number of carbonyl (C=O) groups is 1. The summed E-state index contributed by atoms with van der Waals surface area (Å²) in [4.78, 5) is 20.9. The van der Waals surface area contributed by atoms with Gasteiger partial charge < -0.3 is 9.64 Å². The smallest absolute Gasteiger partial charge is 0.327 e. The highest BCUT2D eigenvalue weighted by Gasteiger charge is 2.31. The Balaban J connectivity index is 2.05. The largest absolute Gasteiger partial charge is 0.468 e. The predicted molar refractivity (Wildman–Crippen MR) is 81.8 cm³/mol. The van der Waals surface area contributed by atoms with Gasteiger partial charge in [0.15, 0.2) is 0 Å². The molecule has 1 aliphatic rings. The van der Waals surface area contributed by atoms with E-state index in [1.165, 1.54) is 7.11 Å². The Morgan fingerprint density at radius 2 is 2.05 bits per heavy atom. The summed E-state index contributed by atoms with van der Waals surface area (Å²) < 4.78 is 4.99. The molecule has 0 radical (unpaired) electrons. The number of piperazine rings is 1. The maximum atomic E-state index is 12.2. The van der Waals surface area contributed by atoms with E-state index in [0.717, 1.165) is 38.3 Å². The average Bonchev–Trinajstić information content (AvgIpc) is 2.49. The van der Waals surface area contributed by atoms with E-state index in [-0.39, 0.29) is 12.0 Å². The first-order chi connectivity index (χ1) is 10.1. The summed E-state index contributed by atoms with van der Waals surface area (Å²) in [5.41, 5.74) is 0.904.